The molecule has 1 aromatic carbocycles. The third kappa shape index (κ3) is 4.93. The Morgan fingerprint density at radius 1 is 1.32 bits per heavy atom. The molecule has 1 fully saturated rings. The number of nitrogens with zero attached hydrogens (tertiary/aromatic N) is 1. The minimum absolute atomic E-state index is 0.0907. The normalized spacial score (nSPS) is 18.2. The molecular formula is C21H28N2OS. The van der Waals surface area contributed by atoms with E-state index in [4.69, 9.17) is 0 Å². The van der Waals surface area contributed by atoms with Crippen molar-refractivity contribution >= 4 is 17.2 Å². The highest BCUT2D eigenvalue weighted by atomic mass is 32.1. The van der Waals surface area contributed by atoms with Crippen LogP contribution in [0.3, 0.4) is 0 Å². The van der Waals surface area contributed by atoms with Gasteiger partial charge in [0.15, 0.2) is 0 Å². The van der Waals surface area contributed by atoms with Crippen LogP contribution >= 0.6 is 11.3 Å². The molecular weight excluding hydrogens is 328 g/mol. The van der Waals surface area contributed by atoms with Gasteiger partial charge in [-0.25, -0.2) is 0 Å². The van der Waals surface area contributed by atoms with Crippen molar-refractivity contribution in [1.29, 1.82) is 0 Å². The minimum atomic E-state index is 0.0907. The Morgan fingerprint density at radius 3 is 2.84 bits per heavy atom. The lowest BCUT2D eigenvalue weighted by Gasteiger charge is -2.32. The Labute approximate surface area is 155 Å². The fourth-order valence-electron chi connectivity index (χ4n) is 3.61. The molecule has 4 heteroatoms. The Hall–Kier alpha value is -1.65. The second-order valence-electron chi connectivity index (χ2n) is 7.01. The molecule has 134 valence electrons. The van der Waals surface area contributed by atoms with Crippen molar-refractivity contribution < 1.29 is 4.79 Å². The summed E-state index contributed by atoms with van der Waals surface area (Å²) in [5.41, 5.74) is 2.61. The van der Waals surface area contributed by atoms with Crippen molar-refractivity contribution in [2.24, 2.45) is 5.92 Å². The summed E-state index contributed by atoms with van der Waals surface area (Å²) in [5.74, 6) is 0.640. The Balaban J connectivity index is 1.49. The fourth-order valence-corrected chi connectivity index (χ4v) is 4.64. The van der Waals surface area contributed by atoms with Crippen molar-refractivity contribution in [3.8, 4) is 0 Å². The number of aryl methyl sites for hydroxylation is 2. The van der Waals surface area contributed by atoms with Gasteiger partial charge in [0.2, 0.25) is 0 Å². The number of thiophene rings is 1. The van der Waals surface area contributed by atoms with Gasteiger partial charge in [0.25, 0.3) is 5.91 Å². The van der Waals surface area contributed by atoms with Gasteiger partial charge in [-0.2, -0.15) is 0 Å². The van der Waals surface area contributed by atoms with E-state index in [2.05, 4.69) is 54.4 Å². The molecule has 0 bridgehead atoms. The van der Waals surface area contributed by atoms with Crippen molar-refractivity contribution in [3.05, 3.63) is 57.3 Å². The van der Waals surface area contributed by atoms with Gasteiger partial charge in [0.05, 0.1) is 4.88 Å². The predicted molar refractivity (Wildman–Crippen MR) is 105 cm³/mol. The van der Waals surface area contributed by atoms with E-state index in [1.54, 1.807) is 11.3 Å². The first-order valence-electron chi connectivity index (χ1n) is 9.29. The quantitative estimate of drug-likeness (QED) is 0.839. The topological polar surface area (TPSA) is 32.3 Å². The van der Waals surface area contributed by atoms with Crippen molar-refractivity contribution in [2.45, 2.75) is 39.7 Å². The van der Waals surface area contributed by atoms with E-state index in [1.807, 2.05) is 6.07 Å². The van der Waals surface area contributed by atoms with Crippen LogP contribution < -0.4 is 5.32 Å². The summed E-state index contributed by atoms with van der Waals surface area (Å²) in [7, 11) is 0. The van der Waals surface area contributed by atoms with Gasteiger partial charge in [-0.3, -0.25) is 9.69 Å². The maximum atomic E-state index is 12.4. The molecule has 0 radical (unpaired) electrons. The van der Waals surface area contributed by atoms with Gasteiger partial charge in [-0.05, 0) is 55.8 Å². The molecule has 1 aliphatic heterocycles. The summed E-state index contributed by atoms with van der Waals surface area (Å²) in [4.78, 5) is 17.1. The molecule has 1 aliphatic rings. The fraction of sp³-hybridized carbons (Fsp3) is 0.476. The maximum absolute atomic E-state index is 12.4. The second-order valence-corrected chi connectivity index (χ2v) is 8.15. The SMILES string of the molecule is CCc1sc(C(=O)NCC2CCCN(Cc3ccccc3)C2)cc1C. The average molecular weight is 357 g/mol. The lowest BCUT2D eigenvalue weighted by Crippen LogP contribution is -2.40. The van der Waals surface area contributed by atoms with Gasteiger partial charge >= 0.3 is 0 Å². The van der Waals surface area contributed by atoms with Gasteiger partial charge in [-0.1, -0.05) is 37.3 Å². The molecule has 3 rings (SSSR count). The summed E-state index contributed by atoms with van der Waals surface area (Å²) >= 11 is 1.63. The zero-order valence-corrected chi connectivity index (χ0v) is 16.1. The van der Waals surface area contributed by atoms with E-state index in [-0.39, 0.29) is 5.91 Å². The molecule has 2 heterocycles. The highest BCUT2D eigenvalue weighted by Crippen LogP contribution is 2.23. The molecule has 1 N–H and O–H groups in total. The molecule has 25 heavy (non-hydrogen) atoms. The number of carbonyl (C=O) groups excluding carboxylic acids is 1. The van der Waals surface area contributed by atoms with E-state index in [1.165, 1.54) is 28.8 Å². The van der Waals surface area contributed by atoms with Crippen LogP contribution in [0.1, 0.15) is 45.4 Å². The Kier molecular flexibility index (Phi) is 6.27. The maximum Gasteiger partial charge on any atom is 0.261 e. The number of piperidine rings is 1. The number of rotatable bonds is 6. The van der Waals surface area contributed by atoms with E-state index < -0.39 is 0 Å². The third-order valence-electron chi connectivity index (χ3n) is 4.97. The van der Waals surface area contributed by atoms with Crippen LogP contribution in [0.15, 0.2) is 36.4 Å². The molecule has 3 nitrogen and oxygen atoms in total. The average Bonchev–Trinajstić information content (AvgIpc) is 3.02. The molecule has 1 amide bonds. The molecule has 1 unspecified atom stereocenters. The summed E-state index contributed by atoms with van der Waals surface area (Å²) in [5, 5.41) is 3.16. The third-order valence-corrected chi connectivity index (χ3v) is 6.35. The zero-order valence-electron chi connectivity index (χ0n) is 15.3. The van der Waals surface area contributed by atoms with E-state index >= 15 is 0 Å². The van der Waals surface area contributed by atoms with Gasteiger partial charge in [0, 0.05) is 24.5 Å². The van der Waals surface area contributed by atoms with Crippen LogP contribution in [0, 0.1) is 12.8 Å². The molecule has 0 saturated carbocycles. The number of amides is 1. The minimum Gasteiger partial charge on any atom is -0.351 e. The van der Waals surface area contributed by atoms with Crippen LogP contribution in [0.5, 0.6) is 0 Å². The van der Waals surface area contributed by atoms with Gasteiger partial charge < -0.3 is 5.32 Å². The Bertz CT molecular complexity index is 695. The summed E-state index contributed by atoms with van der Waals surface area (Å²) in [6.07, 6.45) is 3.42. The smallest absolute Gasteiger partial charge is 0.261 e. The summed E-state index contributed by atoms with van der Waals surface area (Å²) < 4.78 is 0. The number of likely N-dealkylation sites (tertiary alicyclic amines) is 1. The van der Waals surface area contributed by atoms with Crippen LogP contribution in [0.25, 0.3) is 0 Å². The monoisotopic (exact) mass is 356 g/mol. The van der Waals surface area contributed by atoms with Crippen LogP contribution in [0.4, 0.5) is 0 Å². The lowest BCUT2D eigenvalue weighted by molar-refractivity contribution is 0.0934. The number of nitrogens with one attached hydrogen (secondary N) is 1. The first-order valence-corrected chi connectivity index (χ1v) is 10.1. The van der Waals surface area contributed by atoms with Crippen molar-refractivity contribution in [2.75, 3.05) is 19.6 Å². The zero-order chi connectivity index (χ0) is 17.6. The first-order chi connectivity index (χ1) is 12.2. The molecule has 1 aromatic heterocycles. The van der Waals surface area contributed by atoms with E-state index in [0.29, 0.717) is 5.92 Å². The van der Waals surface area contributed by atoms with Crippen LogP contribution in [-0.4, -0.2) is 30.4 Å². The van der Waals surface area contributed by atoms with Crippen LogP contribution in [-0.2, 0) is 13.0 Å². The molecule has 1 saturated heterocycles. The number of benzene rings is 1. The number of carbonyl (C=O) groups is 1. The van der Waals surface area contributed by atoms with Crippen molar-refractivity contribution in [3.63, 3.8) is 0 Å². The number of hydrogen-bond acceptors (Lipinski definition) is 3. The van der Waals surface area contributed by atoms with Crippen molar-refractivity contribution in [1.82, 2.24) is 10.2 Å². The van der Waals surface area contributed by atoms with Crippen LogP contribution in [0.2, 0.25) is 0 Å². The Morgan fingerprint density at radius 2 is 2.12 bits per heavy atom. The number of hydrogen-bond donors (Lipinski definition) is 1. The van der Waals surface area contributed by atoms with Gasteiger partial charge in [-0.15, -0.1) is 11.3 Å². The molecule has 0 aliphatic carbocycles. The summed E-state index contributed by atoms with van der Waals surface area (Å²) in [6, 6.07) is 12.7. The molecule has 0 spiro atoms. The molecule has 2 aromatic rings. The second kappa shape index (κ2) is 8.63. The largest absolute Gasteiger partial charge is 0.351 e. The molecule has 1 atom stereocenters. The standard InChI is InChI=1S/C21H28N2OS/c1-3-19-16(2)12-20(25-19)21(24)22-13-18-10-7-11-23(15-18)14-17-8-5-4-6-9-17/h4-6,8-9,12,18H,3,7,10-11,13-15H2,1-2H3,(H,22,24). The van der Waals surface area contributed by atoms with E-state index in [0.717, 1.165) is 37.5 Å². The highest BCUT2D eigenvalue weighted by Gasteiger charge is 2.21. The first kappa shape index (κ1) is 18.2. The lowest BCUT2D eigenvalue weighted by atomic mass is 9.97. The van der Waals surface area contributed by atoms with Gasteiger partial charge in [0.1, 0.15) is 0 Å². The predicted octanol–water partition coefficient (Wildman–Crippen LogP) is 4.26. The summed E-state index contributed by atoms with van der Waals surface area (Å²) in [6.45, 7) is 8.25. The van der Waals surface area contributed by atoms with E-state index in [9.17, 15) is 4.79 Å². The highest BCUT2D eigenvalue weighted by molar-refractivity contribution is 7.14.